The lowest BCUT2D eigenvalue weighted by Crippen LogP contribution is -2.40. The van der Waals surface area contributed by atoms with E-state index in [1.807, 2.05) is 0 Å². The summed E-state index contributed by atoms with van der Waals surface area (Å²) in [5.41, 5.74) is -1.22. The van der Waals surface area contributed by atoms with Gasteiger partial charge in [0.25, 0.3) is 0 Å². The minimum atomic E-state index is -5.82. The Morgan fingerprint density at radius 3 is 2.37 bits per heavy atom. The van der Waals surface area contributed by atoms with Crippen LogP contribution in [0.4, 0.5) is 26.3 Å². The van der Waals surface area contributed by atoms with Gasteiger partial charge in [-0.15, -0.1) is 0 Å². The fraction of sp³-hybridized carbons (Fsp3) is 0.368. The predicted molar refractivity (Wildman–Crippen MR) is 94.0 cm³/mol. The van der Waals surface area contributed by atoms with Gasteiger partial charge in [0.05, 0.1) is 5.69 Å². The van der Waals surface area contributed by atoms with E-state index < -0.39 is 35.6 Å². The van der Waals surface area contributed by atoms with E-state index in [0.717, 1.165) is 12.1 Å². The minimum Gasteiger partial charge on any atom is -0.354 e. The number of aromatic amines is 1. The summed E-state index contributed by atoms with van der Waals surface area (Å²) in [5.74, 6) is -6.64. The fourth-order valence-electron chi connectivity index (χ4n) is 3.14. The second kappa shape index (κ2) is 8.04. The number of nitrogens with one attached hydrogen (secondary N) is 3. The summed E-state index contributed by atoms with van der Waals surface area (Å²) in [6, 6.07) is 4.47. The Labute approximate surface area is 166 Å². The van der Waals surface area contributed by atoms with Crippen LogP contribution in [-0.4, -0.2) is 35.6 Å². The van der Waals surface area contributed by atoms with E-state index in [4.69, 9.17) is 0 Å². The molecular weight excluding hydrogens is 416 g/mol. The SMILES string of the molecule is O=C(CCc1cc(C(F)(F)C(F)(F)F)[nH]c1-c1ccc(F)cc1)NC1CCNC1=O. The van der Waals surface area contributed by atoms with Gasteiger partial charge in [0, 0.05) is 18.7 Å². The first kappa shape index (κ1) is 21.7. The Morgan fingerprint density at radius 1 is 1.13 bits per heavy atom. The number of benzene rings is 1. The van der Waals surface area contributed by atoms with E-state index >= 15 is 0 Å². The van der Waals surface area contributed by atoms with Crippen LogP contribution in [0.25, 0.3) is 11.3 Å². The highest BCUT2D eigenvalue weighted by atomic mass is 19.4. The van der Waals surface area contributed by atoms with Crippen molar-refractivity contribution < 1.29 is 35.9 Å². The Hall–Kier alpha value is -2.98. The normalized spacial score (nSPS) is 17.1. The monoisotopic (exact) mass is 433 g/mol. The Balaban J connectivity index is 1.85. The van der Waals surface area contributed by atoms with Crippen molar-refractivity contribution in [3.05, 3.63) is 47.4 Å². The van der Waals surface area contributed by atoms with Crippen molar-refractivity contribution in [2.24, 2.45) is 0 Å². The molecule has 5 nitrogen and oxygen atoms in total. The summed E-state index contributed by atoms with van der Waals surface area (Å²) in [5, 5.41) is 5.03. The lowest BCUT2D eigenvalue weighted by atomic mass is 10.0. The molecule has 30 heavy (non-hydrogen) atoms. The number of aryl methyl sites for hydroxylation is 1. The van der Waals surface area contributed by atoms with Gasteiger partial charge in [0.2, 0.25) is 11.8 Å². The zero-order valence-electron chi connectivity index (χ0n) is 15.4. The number of amides is 2. The minimum absolute atomic E-state index is 0.0338. The number of aromatic nitrogens is 1. The molecule has 2 aromatic rings. The number of H-pyrrole nitrogens is 1. The van der Waals surface area contributed by atoms with Gasteiger partial charge in [-0.2, -0.15) is 22.0 Å². The van der Waals surface area contributed by atoms with E-state index in [1.54, 1.807) is 0 Å². The molecule has 0 aliphatic carbocycles. The van der Waals surface area contributed by atoms with Crippen LogP contribution < -0.4 is 10.6 Å². The van der Waals surface area contributed by atoms with Gasteiger partial charge in [0.1, 0.15) is 11.9 Å². The van der Waals surface area contributed by atoms with Crippen LogP contribution in [0, 0.1) is 5.82 Å². The third-order valence-electron chi connectivity index (χ3n) is 4.73. The van der Waals surface area contributed by atoms with Gasteiger partial charge in [-0.3, -0.25) is 9.59 Å². The topological polar surface area (TPSA) is 74.0 Å². The highest BCUT2D eigenvalue weighted by Gasteiger charge is 2.59. The molecule has 1 unspecified atom stereocenters. The summed E-state index contributed by atoms with van der Waals surface area (Å²) in [6.07, 6.45) is -5.83. The van der Waals surface area contributed by atoms with Crippen LogP contribution >= 0.6 is 0 Å². The summed E-state index contributed by atoms with van der Waals surface area (Å²) in [6.45, 7) is 0.409. The zero-order valence-corrected chi connectivity index (χ0v) is 15.4. The van der Waals surface area contributed by atoms with Crippen molar-refractivity contribution in [2.75, 3.05) is 6.54 Å². The molecule has 1 fully saturated rings. The second-order valence-electron chi connectivity index (χ2n) is 6.86. The molecule has 0 bridgehead atoms. The van der Waals surface area contributed by atoms with Gasteiger partial charge >= 0.3 is 12.1 Å². The second-order valence-corrected chi connectivity index (χ2v) is 6.86. The number of alkyl halides is 5. The molecule has 1 atom stereocenters. The summed E-state index contributed by atoms with van der Waals surface area (Å²) in [7, 11) is 0. The van der Waals surface area contributed by atoms with E-state index in [0.29, 0.717) is 19.0 Å². The quantitative estimate of drug-likeness (QED) is 0.611. The van der Waals surface area contributed by atoms with Crippen molar-refractivity contribution in [2.45, 2.75) is 37.4 Å². The molecule has 1 saturated heterocycles. The van der Waals surface area contributed by atoms with E-state index in [9.17, 15) is 35.9 Å². The molecule has 0 saturated carbocycles. The van der Waals surface area contributed by atoms with Gasteiger partial charge < -0.3 is 15.6 Å². The summed E-state index contributed by atoms with van der Waals surface area (Å²) >= 11 is 0. The largest absolute Gasteiger partial charge is 0.459 e. The molecule has 1 aromatic carbocycles. The van der Waals surface area contributed by atoms with Crippen molar-refractivity contribution in [1.29, 1.82) is 0 Å². The first-order valence-electron chi connectivity index (χ1n) is 8.99. The molecule has 3 rings (SSSR count). The molecule has 3 N–H and O–H groups in total. The molecular formula is C19H17F6N3O2. The van der Waals surface area contributed by atoms with Crippen molar-refractivity contribution in [3.8, 4) is 11.3 Å². The van der Waals surface area contributed by atoms with Crippen LogP contribution in [0.1, 0.15) is 24.1 Å². The third-order valence-corrected chi connectivity index (χ3v) is 4.73. The lowest BCUT2D eigenvalue weighted by Gasteiger charge is -2.18. The molecule has 162 valence electrons. The summed E-state index contributed by atoms with van der Waals surface area (Å²) < 4.78 is 79.1. The Kier molecular flexibility index (Phi) is 5.82. The fourth-order valence-corrected chi connectivity index (χ4v) is 3.14. The van der Waals surface area contributed by atoms with E-state index in [1.165, 1.54) is 12.1 Å². The third kappa shape index (κ3) is 4.44. The first-order chi connectivity index (χ1) is 14.0. The Morgan fingerprint density at radius 2 is 1.80 bits per heavy atom. The number of halogens is 6. The smallest absolute Gasteiger partial charge is 0.354 e. The van der Waals surface area contributed by atoms with Gasteiger partial charge in [-0.05, 0) is 54.3 Å². The van der Waals surface area contributed by atoms with Crippen molar-refractivity contribution >= 4 is 11.8 Å². The molecule has 2 heterocycles. The number of hydrogen-bond acceptors (Lipinski definition) is 2. The molecule has 1 aliphatic rings. The standard InChI is InChI=1S/C19H17F6N3O2/c20-12-4-1-10(2-5-12)16-11(9-14(28-16)18(21,22)19(23,24)25)3-6-15(29)27-13-7-8-26-17(13)30/h1-2,4-5,9,13,28H,3,6-8H2,(H,26,30)(H,27,29). The van der Waals surface area contributed by atoms with Crippen molar-refractivity contribution in [3.63, 3.8) is 0 Å². The van der Waals surface area contributed by atoms with Gasteiger partial charge in [-0.1, -0.05) is 0 Å². The summed E-state index contributed by atoms with van der Waals surface area (Å²) in [4.78, 5) is 25.7. The van der Waals surface area contributed by atoms with Crippen LogP contribution in [0.3, 0.4) is 0 Å². The average Bonchev–Trinajstić information content (AvgIpc) is 3.27. The highest BCUT2D eigenvalue weighted by molar-refractivity contribution is 5.89. The maximum Gasteiger partial charge on any atom is 0.459 e. The first-order valence-corrected chi connectivity index (χ1v) is 8.99. The van der Waals surface area contributed by atoms with Crippen LogP contribution in [0.5, 0.6) is 0 Å². The highest BCUT2D eigenvalue weighted by Crippen LogP contribution is 2.44. The van der Waals surface area contributed by atoms with Crippen LogP contribution in [0.2, 0.25) is 0 Å². The lowest BCUT2D eigenvalue weighted by molar-refractivity contribution is -0.290. The van der Waals surface area contributed by atoms with Crippen LogP contribution in [0.15, 0.2) is 30.3 Å². The average molecular weight is 433 g/mol. The molecule has 0 spiro atoms. The maximum absolute atomic E-state index is 13.8. The Bertz CT molecular complexity index is 937. The van der Waals surface area contributed by atoms with Gasteiger partial charge in [-0.25, -0.2) is 4.39 Å². The van der Waals surface area contributed by atoms with E-state index in [-0.39, 0.29) is 35.6 Å². The van der Waals surface area contributed by atoms with Crippen LogP contribution in [-0.2, 0) is 21.9 Å². The predicted octanol–water partition coefficient (Wildman–Crippen LogP) is 3.41. The van der Waals surface area contributed by atoms with Gasteiger partial charge in [0.15, 0.2) is 0 Å². The number of rotatable bonds is 6. The number of hydrogen-bond donors (Lipinski definition) is 3. The molecule has 11 heteroatoms. The zero-order chi connectivity index (χ0) is 22.1. The number of carbonyl (C=O) groups excluding carboxylic acids is 2. The van der Waals surface area contributed by atoms with E-state index in [2.05, 4.69) is 15.6 Å². The van der Waals surface area contributed by atoms with Crippen molar-refractivity contribution in [1.82, 2.24) is 15.6 Å². The molecule has 1 aliphatic heterocycles. The molecule has 2 amide bonds. The number of carbonyl (C=O) groups is 2. The maximum atomic E-state index is 13.8. The molecule has 0 radical (unpaired) electrons. The molecule has 1 aromatic heterocycles.